The van der Waals surface area contributed by atoms with Crippen LogP contribution < -0.4 is 0 Å². The van der Waals surface area contributed by atoms with Crippen LogP contribution in [-0.4, -0.2) is 4.98 Å². The highest BCUT2D eigenvalue weighted by Crippen LogP contribution is 2.62. The van der Waals surface area contributed by atoms with E-state index in [9.17, 15) is 0 Å². The van der Waals surface area contributed by atoms with Gasteiger partial charge in [0.2, 0.25) is 0 Å². The van der Waals surface area contributed by atoms with Crippen LogP contribution in [0.4, 0.5) is 0 Å². The molecule has 0 atom stereocenters. The van der Waals surface area contributed by atoms with Crippen molar-refractivity contribution in [1.82, 2.24) is 4.98 Å². The number of benzene rings is 3. The van der Waals surface area contributed by atoms with Gasteiger partial charge >= 0.3 is 0 Å². The van der Waals surface area contributed by atoms with Crippen molar-refractivity contribution in [2.75, 3.05) is 0 Å². The molecule has 0 N–H and O–H groups in total. The predicted octanol–water partition coefficient (Wildman–Crippen LogP) is 6.08. The lowest BCUT2D eigenvalue weighted by Gasteiger charge is -2.30. The molecule has 2 aliphatic rings. The van der Waals surface area contributed by atoms with E-state index in [1.54, 1.807) is 6.20 Å². The van der Waals surface area contributed by atoms with Gasteiger partial charge in [0.05, 0.1) is 16.1 Å². The Morgan fingerprint density at radius 3 is 1.73 bits per heavy atom. The molecule has 0 bridgehead atoms. The van der Waals surface area contributed by atoms with Crippen LogP contribution in [0.25, 0.3) is 22.4 Å². The van der Waals surface area contributed by atoms with E-state index in [1.165, 1.54) is 38.9 Å². The smallest absolute Gasteiger partial charge is 0.0754 e. The van der Waals surface area contributed by atoms with Crippen LogP contribution in [0, 0.1) is 0 Å². The molecule has 122 valence electrons. The molecule has 0 saturated heterocycles. The normalized spacial score (nSPS) is 14.7. The maximum Gasteiger partial charge on any atom is 0.0754 e. The van der Waals surface area contributed by atoms with Gasteiger partial charge in [0.15, 0.2) is 0 Å². The van der Waals surface area contributed by atoms with Crippen LogP contribution in [0.5, 0.6) is 0 Å². The monoisotopic (exact) mass is 351 g/mol. The zero-order valence-electron chi connectivity index (χ0n) is 13.9. The fraction of sp³-hybridized carbons (Fsp3) is 0.0417. The lowest BCUT2D eigenvalue weighted by atomic mass is 9.71. The van der Waals surface area contributed by atoms with Gasteiger partial charge in [-0.15, -0.1) is 0 Å². The van der Waals surface area contributed by atoms with Crippen molar-refractivity contribution in [1.29, 1.82) is 0 Å². The van der Waals surface area contributed by atoms with Gasteiger partial charge in [-0.2, -0.15) is 0 Å². The van der Waals surface area contributed by atoms with E-state index in [2.05, 4.69) is 78.9 Å². The summed E-state index contributed by atoms with van der Waals surface area (Å²) in [4.78, 5) is 4.73. The molecule has 6 rings (SSSR count). The van der Waals surface area contributed by atoms with Crippen molar-refractivity contribution in [3.63, 3.8) is 0 Å². The van der Waals surface area contributed by atoms with Gasteiger partial charge in [-0.25, -0.2) is 0 Å². The summed E-state index contributed by atoms with van der Waals surface area (Å²) >= 11 is 6.42. The Kier molecular flexibility index (Phi) is 2.66. The summed E-state index contributed by atoms with van der Waals surface area (Å²) in [6.07, 6.45) is 1.75. The molecular weight excluding hydrogens is 338 g/mol. The number of rotatable bonds is 0. The molecule has 1 spiro atoms. The first-order chi connectivity index (χ1) is 12.8. The van der Waals surface area contributed by atoms with E-state index < -0.39 is 0 Å². The van der Waals surface area contributed by atoms with E-state index in [4.69, 9.17) is 16.6 Å². The average molecular weight is 352 g/mol. The number of halogens is 1. The van der Waals surface area contributed by atoms with Crippen LogP contribution >= 0.6 is 11.6 Å². The number of hydrogen-bond acceptors (Lipinski definition) is 1. The molecule has 0 amide bonds. The Bertz CT molecular complexity index is 1140. The van der Waals surface area contributed by atoms with Crippen LogP contribution in [0.15, 0.2) is 85.1 Å². The molecule has 1 aromatic heterocycles. The molecule has 0 radical (unpaired) electrons. The molecule has 2 aliphatic carbocycles. The molecule has 26 heavy (non-hydrogen) atoms. The molecule has 1 heterocycles. The molecule has 4 aromatic rings. The fourth-order valence-electron chi connectivity index (χ4n) is 4.92. The molecule has 3 aromatic carbocycles. The molecular formula is C24H14ClN. The third-order valence-electron chi connectivity index (χ3n) is 5.80. The highest BCUT2D eigenvalue weighted by Gasteiger charge is 2.52. The summed E-state index contributed by atoms with van der Waals surface area (Å²) in [6.45, 7) is 0. The van der Waals surface area contributed by atoms with Crippen molar-refractivity contribution < 1.29 is 0 Å². The third-order valence-corrected chi connectivity index (χ3v) is 6.00. The summed E-state index contributed by atoms with van der Waals surface area (Å²) in [6, 6.07) is 28.2. The Morgan fingerprint density at radius 1 is 0.615 bits per heavy atom. The van der Waals surface area contributed by atoms with E-state index >= 15 is 0 Å². The maximum atomic E-state index is 6.42. The van der Waals surface area contributed by atoms with Crippen molar-refractivity contribution in [2.24, 2.45) is 0 Å². The average Bonchev–Trinajstić information content (AvgIpc) is 3.15. The highest BCUT2D eigenvalue weighted by atomic mass is 35.5. The minimum atomic E-state index is -0.336. The quantitative estimate of drug-likeness (QED) is 0.323. The SMILES string of the molecule is Clc1cnc2c(c1)C1(c3ccccc3-c3ccccc31)c1ccccc1-2. The molecule has 1 nitrogen and oxygen atoms in total. The summed E-state index contributed by atoms with van der Waals surface area (Å²) in [7, 11) is 0. The van der Waals surface area contributed by atoms with Gasteiger partial charge in [-0.05, 0) is 39.4 Å². The largest absolute Gasteiger partial charge is 0.254 e. The Balaban J connectivity index is 1.88. The second-order valence-electron chi connectivity index (χ2n) is 6.94. The van der Waals surface area contributed by atoms with E-state index in [-0.39, 0.29) is 5.41 Å². The van der Waals surface area contributed by atoms with Crippen molar-refractivity contribution in [3.8, 4) is 22.4 Å². The standard InChI is InChI=1S/C24H14ClN/c25-15-13-22-23(26-14-15)18-9-3-6-12-21(18)24(22)19-10-4-1-7-16(19)17-8-2-5-11-20(17)24/h1-14H. The molecule has 0 aliphatic heterocycles. The van der Waals surface area contributed by atoms with Crippen LogP contribution in [-0.2, 0) is 5.41 Å². The van der Waals surface area contributed by atoms with Crippen molar-refractivity contribution in [2.45, 2.75) is 5.41 Å². The van der Waals surface area contributed by atoms with Gasteiger partial charge in [-0.1, -0.05) is 84.4 Å². The lowest BCUT2D eigenvalue weighted by Crippen LogP contribution is -2.25. The van der Waals surface area contributed by atoms with Gasteiger partial charge in [0, 0.05) is 11.8 Å². The Hall–Kier alpha value is -2.90. The van der Waals surface area contributed by atoms with Crippen LogP contribution in [0.1, 0.15) is 22.3 Å². The minimum Gasteiger partial charge on any atom is -0.254 e. The predicted molar refractivity (Wildman–Crippen MR) is 106 cm³/mol. The van der Waals surface area contributed by atoms with Crippen molar-refractivity contribution >= 4 is 11.6 Å². The van der Waals surface area contributed by atoms with Gasteiger partial charge < -0.3 is 0 Å². The highest BCUT2D eigenvalue weighted by molar-refractivity contribution is 6.30. The first kappa shape index (κ1) is 14.3. The lowest BCUT2D eigenvalue weighted by molar-refractivity contribution is 0.791. The minimum absolute atomic E-state index is 0.336. The Morgan fingerprint density at radius 2 is 1.12 bits per heavy atom. The number of nitrogens with zero attached hydrogens (tertiary/aromatic N) is 1. The zero-order valence-corrected chi connectivity index (χ0v) is 14.7. The summed E-state index contributed by atoms with van der Waals surface area (Å²) in [5, 5.41) is 0.679. The molecule has 0 saturated carbocycles. The molecule has 0 fully saturated rings. The van der Waals surface area contributed by atoms with Crippen molar-refractivity contribution in [3.05, 3.63) is 112 Å². The third kappa shape index (κ3) is 1.51. The Labute approximate surface area is 156 Å². The van der Waals surface area contributed by atoms with Gasteiger partial charge in [0.25, 0.3) is 0 Å². The summed E-state index contributed by atoms with van der Waals surface area (Å²) in [5.74, 6) is 0. The first-order valence-electron chi connectivity index (χ1n) is 8.77. The topological polar surface area (TPSA) is 12.9 Å². The second kappa shape index (κ2) is 4.84. The molecule has 2 heteroatoms. The van der Waals surface area contributed by atoms with Crippen LogP contribution in [0.3, 0.4) is 0 Å². The van der Waals surface area contributed by atoms with Gasteiger partial charge in [-0.3, -0.25) is 4.98 Å². The number of pyridine rings is 1. The fourth-order valence-corrected chi connectivity index (χ4v) is 5.07. The van der Waals surface area contributed by atoms with E-state index in [0.717, 1.165) is 5.69 Å². The molecule has 0 unspecified atom stereocenters. The zero-order chi connectivity index (χ0) is 17.3. The van der Waals surface area contributed by atoms with E-state index in [0.29, 0.717) is 5.02 Å². The van der Waals surface area contributed by atoms with E-state index in [1.807, 2.05) is 0 Å². The maximum absolute atomic E-state index is 6.42. The summed E-state index contributed by atoms with van der Waals surface area (Å²) in [5.41, 5.74) is 9.61. The van der Waals surface area contributed by atoms with Crippen LogP contribution in [0.2, 0.25) is 5.02 Å². The number of hydrogen-bond donors (Lipinski definition) is 0. The first-order valence-corrected chi connectivity index (χ1v) is 9.15. The second-order valence-corrected chi connectivity index (χ2v) is 7.37. The number of aromatic nitrogens is 1. The summed E-state index contributed by atoms with van der Waals surface area (Å²) < 4.78 is 0. The number of fused-ring (bicyclic) bond motifs is 10. The van der Waals surface area contributed by atoms with Gasteiger partial charge in [0.1, 0.15) is 0 Å².